The van der Waals surface area contributed by atoms with E-state index in [4.69, 9.17) is 0 Å². The highest BCUT2D eigenvalue weighted by Gasteiger charge is 2.10. The van der Waals surface area contributed by atoms with Gasteiger partial charge in [0.05, 0.1) is 0 Å². The molecule has 3 aromatic rings. The predicted molar refractivity (Wildman–Crippen MR) is 82.7 cm³/mol. The number of rotatable bonds is 4. The van der Waals surface area contributed by atoms with Crippen LogP contribution in [0.1, 0.15) is 13.3 Å². The van der Waals surface area contributed by atoms with E-state index in [0.717, 1.165) is 6.54 Å². The second-order valence-corrected chi connectivity index (χ2v) is 5.06. The largest absolute Gasteiger partial charge is 0.340 e. The molecule has 2 aromatic carbocycles. The van der Waals surface area contributed by atoms with Crippen molar-refractivity contribution in [2.75, 3.05) is 0 Å². The Hall–Kier alpha value is -2.35. The molecule has 2 heteroatoms. The molecule has 0 aliphatic heterocycles. The summed E-state index contributed by atoms with van der Waals surface area (Å²) in [5, 5.41) is 1.22. The van der Waals surface area contributed by atoms with Gasteiger partial charge in [0.2, 0.25) is 0 Å². The Morgan fingerprint density at radius 3 is 2.45 bits per heavy atom. The number of nitrogens with zero attached hydrogens (tertiary/aromatic N) is 1. The number of para-hydroxylation sites is 1. The van der Waals surface area contributed by atoms with E-state index in [1.54, 1.807) is 6.92 Å². The molecule has 0 aliphatic carbocycles. The molecule has 0 fully saturated rings. The highest BCUT2D eigenvalue weighted by molar-refractivity contribution is 5.87. The molecule has 2 nitrogen and oxygen atoms in total. The van der Waals surface area contributed by atoms with Gasteiger partial charge in [-0.15, -0.1) is 0 Å². The molecule has 0 amide bonds. The summed E-state index contributed by atoms with van der Waals surface area (Å²) < 4.78 is 2.24. The summed E-state index contributed by atoms with van der Waals surface area (Å²) in [6.07, 6.45) is 0.568. The highest BCUT2D eigenvalue weighted by atomic mass is 16.1. The molecule has 0 saturated carbocycles. The standard InChI is InChI=1S/C18H17NO/c1-14(20)11-12-19-17-10-6-5-9-16(17)13-18(19)15-7-3-2-4-8-15/h2-10,13H,11-12H2,1H3. The van der Waals surface area contributed by atoms with Crippen molar-refractivity contribution in [3.63, 3.8) is 0 Å². The zero-order valence-electron chi connectivity index (χ0n) is 11.5. The van der Waals surface area contributed by atoms with E-state index < -0.39 is 0 Å². The van der Waals surface area contributed by atoms with Crippen LogP contribution in [0.5, 0.6) is 0 Å². The first-order valence-corrected chi connectivity index (χ1v) is 6.89. The molecular weight excluding hydrogens is 246 g/mol. The molecule has 0 spiro atoms. The quantitative estimate of drug-likeness (QED) is 0.688. The van der Waals surface area contributed by atoms with E-state index in [1.807, 2.05) is 30.3 Å². The molecule has 0 bridgehead atoms. The summed E-state index contributed by atoms with van der Waals surface area (Å²) in [5.41, 5.74) is 3.55. The maximum Gasteiger partial charge on any atom is 0.131 e. The number of carbonyl (C=O) groups is 1. The average molecular weight is 263 g/mol. The van der Waals surface area contributed by atoms with Crippen LogP contribution in [0.4, 0.5) is 0 Å². The van der Waals surface area contributed by atoms with Gasteiger partial charge in [-0.1, -0.05) is 48.5 Å². The van der Waals surface area contributed by atoms with Crippen LogP contribution in [-0.2, 0) is 11.3 Å². The van der Waals surface area contributed by atoms with Gasteiger partial charge in [0.15, 0.2) is 0 Å². The third-order valence-electron chi connectivity index (χ3n) is 3.57. The average Bonchev–Trinajstić information content (AvgIpc) is 2.84. The minimum atomic E-state index is 0.224. The van der Waals surface area contributed by atoms with Gasteiger partial charge in [-0.25, -0.2) is 0 Å². The molecule has 0 aliphatic rings. The Morgan fingerprint density at radius 2 is 1.70 bits per heavy atom. The van der Waals surface area contributed by atoms with Crippen LogP contribution in [-0.4, -0.2) is 10.4 Å². The van der Waals surface area contributed by atoms with Gasteiger partial charge >= 0.3 is 0 Å². The van der Waals surface area contributed by atoms with Crippen LogP contribution >= 0.6 is 0 Å². The van der Waals surface area contributed by atoms with E-state index in [0.29, 0.717) is 6.42 Å². The Bertz CT molecular complexity index is 740. The Kier molecular flexibility index (Phi) is 3.38. The lowest BCUT2D eigenvalue weighted by molar-refractivity contribution is -0.117. The first-order valence-electron chi connectivity index (χ1n) is 6.89. The van der Waals surface area contributed by atoms with Crippen molar-refractivity contribution < 1.29 is 4.79 Å². The number of ketones is 1. The van der Waals surface area contributed by atoms with E-state index in [2.05, 4.69) is 34.9 Å². The third-order valence-corrected chi connectivity index (χ3v) is 3.57. The van der Waals surface area contributed by atoms with Crippen molar-refractivity contribution >= 4 is 16.7 Å². The number of hydrogen-bond donors (Lipinski definition) is 0. The molecule has 1 heterocycles. The van der Waals surface area contributed by atoms with Gasteiger partial charge < -0.3 is 4.57 Å². The van der Waals surface area contributed by atoms with Crippen molar-refractivity contribution in [2.24, 2.45) is 0 Å². The zero-order valence-corrected chi connectivity index (χ0v) is 11.5. The zero-order chi connectivity index (χ0) is 13.9. The normalized spacial score (nSPS) is 10.8. The smallest absolute Gasteiger partial charge is 0.131 e. The fourth-order valence-electron chi connectivity index (χ4n) is 2.57. The van der Waals surface area contributed by atoms with Crippen molar-refractivity contribution in [1.29, 1.82) is 0 Å². The van der Waals surface area contributed by atoms with E-state index in [9.17, 15) is 4.79 Å². The van der Waals surface area contributed by atoms with Gasteiger partial charge in [0.1, 0.15) is 5.78 Å². The van der Waals surface area contributed by atoms with Gasteiger partial charge in [-0.3, -0.25) is 4.79 Å². The summed E-state index contributed by atoms with van der Waals surface area (Å²) in [6.45, 7) is 2.38. The Morgan fingerprint density at radius 1 is 1.00 bits per heavy atom. The maximum atomic E-state index is 11.3. The molecule has 0 unspecified atom stereocenters. The van der Waals surface area contributed by atoms with Gasteiger partial charge in [-0.05, 0) is 24.6 Å². The van der Waals surface area contributed by atoms with Crippen LogP contribution < -0.4 is 0 Å². The number of hydrogen-bond acceptors (Lipinski definition) is 1. The lowest BCUT2D eigenvalue weighted by atomic mass is 10.1. The number of Topliss-reactive ketones (excluding diaryl/α,β-unsaturated/α-hetero) is 1. The van der Waals surface area contributed by atoms with Crippen LogP contribution in [0.2, 0.25) is 0 Å². The summed E-state index contributed by atoms with van der Waals surface area (Å²) in [4.78, 5) is 11.3. The minimum absolute atomic E-state index is 0.224. The lowest BCUT2D eigenvalue weighted by Gasteiger charge is -2.10. The Balaban J connectivity index is 2.15. The fourth-order valence-corrected chi connectivity index (χ4v) is 2.57. The van der Waals surface area contributed by atoms with E-state index in [-0.39, 0.29) is 5.78 Å². The first kappa shape index (κ1) is 12.7. The van der Waals surface area contributed by atoms with E-state index in [1.165, 1.54) is 22.2 Å². The fraction of sp³-hybridized carbons (Fsp3) is 0.167. The monoisotopic (exact) mass is 263 g/mol. The molecule has 0 N–H and O–H groups in total. The van der Waals surface area contributed by atoms with E-state index >= 15 is 0 Å². The molecular formula is C18H17NO. The number of aromatic nitrogens is 1. The first-order chi connectivity index (χ1) is 9.75. The molecule has 0 atom stereocenters. The molecule has 1 aromatic heterocycles. The minimum Gasteiger partial charge on any atom is -0.340 e. The molecule has 100 valence electrons. The molecule has 3 rings (SSSR count). The summed E-state index contributed by atoms with van der Waals surface area (Å²) in [6, 6.07) is 20.8. The number of benzene rings is 2. The third kappa shape index (κ3) is 2.37. The highest BCUT2D eigenvalue weighted by Crippen LogP contribution is 2.28. The van der Waals surface area contributed by atoms with Crippen molar-refractivity contribution in [3.05, 3.63) is 60.7 Å². The van der Waals surface area contributed by atoms with Crippen LogP contribution in [0.15, 0.2) is 60.7 Å². The van der Waals surface area contributed by atoms with Gasteiger partial charge in [0.25, 0.3) is 0 Å². The van der Waals surface area contributed by atoms with Crippen LogP contribution in [0.25, 0.3) is 22.2 Å². The second kappa shape index (κ2) is 5.33. The summed E-state index contributed by atoms with van der Waals surface area (Å²) >= 11 is 0. The molecule has 0 saturated heterocycles. The second-order valence-electron chi connectivity index (χ2n) is 5.06. The lowest BCUT2D eigenvalue weighted by Crippen LogP contribution is -2.04. The summed E-state index contributed by atoms with van der Waals surface area (Å²) in [5.74, 6) is 0.224. The predicted octanol–water partition coefficient (Wildman–Crippen LogP) is 4.29. The number of aryl methyl sites for hydroxylation is 1. The summed E-state index contributed by atoms with van der Waals surface area (Å²) in [7, 11) is 0. The molecule has 20 heavy (non-hydrogen) atoms. The van der Waals surface area contributed by atoms with Gasteiger partial charge in [0, 0.05) is 29.6 Å². The van der Waals surface area contributed by atoms with Crippen molar-refractivity contribution in [3.8, 4) is 11.3 Å². The van der Waals surface area contributed by atoms with Crippen LogP contribution in [0, 0.1) is 0 Å². The van der Waals surface area contributed by atoms with Crippen molar-refractivity contribution in [2.45, 2.75) is 19.9 Å². The van der Waals surface area contributed by atoms with Gasteiger partial charge in [-0.2, -0.15) is 0 Å². The SMILES string of the molecule is CC(=O)CCn1c(-c2ccccc2)cc2ccccc21. The topological polar surface area (TPSA) is 22.0 Å². The van der Waals surface area contributed by atoms with Crippen LogP contribution in [0.3, 0.4) is 0 Å². The number of carbonyl (C=O) groups excluding carboxylic acids is 1. The number of fused-ring (bicyclic) bond motifs is 1. The maximum absolute atomic E-state index is 11.3. The van der Waals surface area contributed by atoms with Crippen molar-refractivity contribution in [1.82, 2.24) is 4.57 Å². The Labute approximate surface area is 118 Å². The molecule has 0 radical (unpaired) electrons.